The number of carbonyl (C=O) groups is 2. The molecule has 1 atom stereocenters. The highest BCUT2D eigenvalue weighted by Gasteiger charge is 2.34. The number of hydrogen-bond donors (Lipinski definition) is 2. The number of benzene rings is 3. The van der Waals surface area contributed by atoms with E-state index in [0.29, 0.717) is 5.69 Å². The van der Waals surface area contributed by atoms with E-state index in [0.717, 1.165) is 29.0 Å². The predicted octanol–water partition coefficient (Wildman–Crippen LogP) is 4.35. The third kappa shape index (κ3) is 3.60. The van der Waals surface area contributed by atoms with Crippen molar-refractivity contribution in [3.05, 3.63) is 84.4 Å². The van der Waals surface area contributed by atoms with E-state index in [9.17, 15) is 9.59 Å². The maximum atomic E-state index is 12.7. The summed E-state index contributed by atoms with van der Waals surface area (Å²) in [7, 11) is 0. The van der Waals surface area contributed by atoms with E-state index in [2.05, 4.69) is 10.6 Å². The molecule has 1 heterocycles. The average molecular weight is 371 g/mol. The number of anilines is 4. The summed E-state index contributed by atoms with van der Waals surface area (Å²) in [6.07, 6.45) is 0.759. The van der Waals surface area contributed by atoms with Crippen molar-refractivity contribution < 1.29 is 9.59 Å². The van der Waals surface area contributed by atoms with Crippen molar-refractivity contribution in [1.29, 1.82) is 0 Å². The van der Waals surface area contributed by atoms with Crippen LogP contribution in [0.2, 0.25) is 0 Å². The zero-order chi connectivity index (χ0) is 19.5. The van der Waals surface area contributed by atoms with Crippen LogP contribution in [0.15, 0.2) is 78.9 Å². The van der Waals surface area contributed by atoms with Crippen LogP contribution in [0.25, 0.3) is 0 Å². The van der Waals surface area contributed by atoms with Crippen molar-refractivity contribution in [3.63, 3.8) is 0 Å². The Hall–Kier alpha value is -3.60. The average Bonchev–Trinajstić information content (AvgIpc) is 3.05. The van der Waals surface area contributed by atoms with Gasteiger partial charge in [-0.15, -0.1) is 0 Å². The SMILES string of the molecule is CC1Cc2ccccc2N1C(=O)C(=O)Nc1ccc(Nc2ccccc2)cc1. The van der Waals surface area contributed by atoms with Gasteiger partial charge in [0.25, 0.3) is 0 Å². The largest absolute Gasteiger partial charge is 0.356 e. The molecule has 0 spiro atoms. The molecule has 3 aromatic carbocycles. The Balaban J connectivity index is 1.43. The normalized spacial score (nSPS) is 15.0. The van der Waals surface area contributed by atoms with Gasteiger partial charge in [0, 0.05) is 28.8 Å². The Kier molecular flexibility index (Phi) is 4.81. The second kappa shape index (κ2) is 7.56. The Labute approximate surface area is 164 Å². The number of amides is 2. The van der Waals surface area contributed by atoms with E-state index < -0.39 is 11.8 Å². The molecule has 2 N–H and O–H groups in total. The predicted molar refractivity (Wildman–Crippen MR) is 112 cm³/mol. The molecule has 0 aromatic heterocycles. The standard InChI is InChI=1S/C23H21N3O2/c1-16-15-17-7-5-6-10-21(17)26(16)23(28)22(27)25-20-13-11-19(12-14-20)24-18-8-3-2-4-9-18/h2-14,16,24H,15H2,1H3,(H,25,27). The number of hydrogen-bond acceptors (Lipinski definition) is 3. The maximum Gasteiger partial charge on any atom is 0.316 e. The molecule has 140 valence electrons. The molecule has 5 heteroatoms. The molecule has 0 aliphatic carbocycles. The number of fused-ring (bicyclic) bond motifs is 1. The summed E-state index contributed by atoms with van der Waals surface area (Å²) < 4.78 is 0. The number of carbonyl (C=O) groups excluding carboxylic acids is 2. The van der Waals surface area contributed by atoms with Crippen molar-refractivity contribution in [3.8, 4) is 0 Å². The molecule has 1 aliphatic rings. The van der Waals surface area contributed by atoms with Gasteiger partial charge in [0.1, 0.15) is 0 Å². The highest BCUT2D eigenvalue weighted by molar-refractivity contribution is 6.44. The first kappa shape index (κ1) is 17.8. The Bertz CT molecular complexity index is 1000. The smallest absolute Gasteiger partial charge is 0.316 e. The first-order valence-electron chi connectivity index (χ1n) is 9.26. The molecule has 0 saturated heterocycles. The van der Waals surface area contributed by atoms with Gasteiger partial charge < -0.3 is 15.5 Å². The minimum atomic E-state index is -0.632. The molecule has 1 unspecified atom stereocenters. The zero-order valence-electron chi connectivity index (χ0n) is 15.6. The van der Waals surface area contributed by atoms with Gasteiger partial charge in [-0.2, -0.15) is 0 Å². The van der Waals surface area contributed by atoms with E-state index in [1.54, 1.807) is 17.0 Å². The first-order valence-corrected chi connectivity index (χ1v) is 9.26. The lowest BCUT2D eigenvalue weighted by molar-refractivity contribution is -0.134. The summed E-state index contributed by atoms with van der Waals surface area (Å²) >= 11 is 0. The maximum absolute atomic E-state index is 12.7. The van der Waals surface area contributed by atoms with Crippen LogP contribution in [-0.4, -0.2) is 17.9 Å². The van der Waals surface area contributed by atoms with Crippen LogP contribution in [0, 0.1) is 0 Å². The van der Waals surface area contributed by atoms with Gasteiger partial charge in [-0.05, 0) is 61.4 Å². The topological polar surface area (TPSA) is 61.4 Å². The third-order valence-corrected chi connectivity index (χ3v) is 4.83. The molecule has 2 amide bonds. The number of nitrogens with zero attached hydrogens (tertiary/aromatic N) is 1. The summed E-state index contributed by atoms with van der Waals surface area (Å²) in [5.41, 5.74) is 4.37. The van der Waals surface area contributed by atoms with Crippen LogP contribution >= 0.6 is 0 Å². The Morgan fingerprint density at radius 2 is 1.43 bits per heavy atom. The van der Waals surface area contributed by atoms with Gasteiger partial charge in [0.05, 0.1) is 0 Å². The lowest BCUT2D eigenvalue weighted by Crippen LogP contribution is -2.43. The highest BCUT2D eigenvalue weighted by Crippen LogP contribution is 2.32. The molecule has 0 saturated carbocycles. The number of para-hydroxylation sites is 2. The molecular formula is C23H21N3O2. The molecule has 1 aliphatic heterocycles. The van der Waals surface area contributed by atoms with Gasteiger partial charge in [0.2, 0.25) is 0 Å². The summed E-state index contributed by atoms with van der Waals surface area (Å²) in [5, 5.41) is 5.98. The minimum absolute atomic E-state index is 0.0342. The number of nitrogens with one attached hydrogen (secondary N) is 2. The molecule has 0 bridgehead atoms. The second-order valence-electron chi connectivity index (χ2n) is 6.88. The fraction of sp³-hybridized carbons (Fsp3) is 0.130. The van der Waals surface area contributed by atoms with Gasteiger partial charge in [-0.3, -0.25) is 9.59 Å². The van der Waals surface area contributed by atoms with Crippen molar-refractivity contribution >= 4 is 34.6 Å². The molecule has 0 fully saturated rings. The van der Waals surface area contributed by atoms with Crippen LogP contribution < -0.4 is 15.5 Å². The van der Waals surface area contributed by atoms with Gasteiger partial charge >= 0.3 is 11.8 Å². The van der Waals surface area contributed by atoms with Crippen LogP contribution in [0.5, 0.6) is 0 Å². The summed E-state index contributed by atoms with van der Waals surface area (Å²) in [6, 6.07) is 24.8. The minimum Gasteiger partial charge on any atom is -0.356 e. The zero-order valence-corrected chi connectivity index (χ0v) is 15.6. The van der Waals surface area contributed by atoms with Crippen LogP contribution in [0.4, 0.5) is 22.7 Å². The van der Waals surface area contributed by atoms with E-state index in [1.165, 1.54) is 0 Å². The fourth-order valence-corrected chi connectivity index (χ4v) is 3.49. The van der Waals surface area contributed by atoms with E-state index in [1.807, 2.05) is 73.7 Å². The van der Waals surface area contributed by atoms with Crippen molar-refractivity contribution in [1.82, 2.24) is 0 Å². The summed E-state index contributed by atoms with van der Waals surface area (Å²) in [4.78, 5) is 26.8. The summed E-state index contributed by atoms with van der Waals surface area (Å²) in [5.74, 6) is -1.17. The van der Waals surface area contributed by atoms with Gasteiger partial charge in [-0.25, -0.2) is 0 Å². The Morgan fingerprint density at radius 3 is 2.18 bits per heavy atom. The van der Waals surface area contributed by atoms with Crippen molar-refractivity contribution in [2.75, 3.05) is 15.5 Å². The number of rotatable bonds is 3. The van der Waals surface area contributed by atoms with Gasteiger partial charge in [0.15, 0.2) is 0 Å². The molecule has 0 radical (unpaired) electrons. The molecule has 28 heavy (non-hydrogen) atoms. The lowest BCUT2D eigenvalue weighted by Gasteiger charge is -2.22. The van der Waals surface area contributed by atoms with E-state index >= 15 is 0 Å². The monoisotopic (exact) mass is 371 g/mol. The Morgan fingerprint density at radius 1 is 0.821 bits per heavy atom. The van der Waals surface area contributed by atoms with Crippen LogP contribution in [-0.2, 0) is 16.0 Å². The second-order valence-corrected chi connectivity index (χ2v) is 6.88. The first-order chi connectivity index (χ1) is 13.6. The van der Waals surface area contributed by atoms with Crippen molar-refractivity contribution in [2.24, 2.45) is 0 Å². The van der Waals surface area contributed by atoms with Gasteiger partial charge in [-0.1, -0.05) is 36.4 Å². The van der Waals surface area contributed by atoms with Crippen molar-refractivity contribution in [2.45, 2.75) is 19.4 Å². The molecule has 3 aromatic rings. The molecule has 4 rings (SSSR count). The highest BCUT2D eigenvalue weighted by atomic mass is 16.2. The van der Waals surface area contributed by atoms with Crippen LogP contribution in [0.1, 0.15) is 12.5 Å². The summed E-state index contributed by atoms with van der Waals surface area (Å²) in [6.45, 7) is 1.95. The van der Waals surface area contributed by atoms with Crippen LogP contribution in [0.3, 0.4) is 0 Å². The lowest BCUT2D eigenvalue weighted by atomic mass is 10.1. The third-order valence-electron chi connectivity index (χ3n) is 4.83. The van der Waals surface area contributed by atoms with E-state index in [4.69, 9.17) is 0 Å². The fourth-order valence-electron chi connectivity index (χ4n) is 3.49. The molecular weight excluding hydrogens is 350 g/mol. The van der Waals surface area contributed by atoms with E-state index in [-0.39, 0.29) is 6.04 Å². The quantitative estimate of drug-likeness (QED) is 0.673. The molecule has 5 nitrogen and oxygen atoms in total.